The summed E-state index contributed by atoms with van der Waals surface area (Å²) in [5.41, 5.74) is 8.64. The van der Waals surface area contributed by atoms with Gasteiger partial charge in [0.1, 0.15) is 0 Å². The third kappa shape index (κ3) is 4.98. The molecule has 1 saturated heterocycles. The molecule has 2 aromatic rings. The van der Waals surface area contributed by atoms with Crippen molar-refractivity contribution in [2.24, 2.45) is 11.7 Å². The lowest BCUT2D eigenvalue weighted by atomic mass is 9.92. The Balaban J connectivity index is 0.00000225. The van der Waals surface area contributed by atoms with E-state index in [-0.39, 0.29) is 24.2 Å². The second-order valence-electron chi connectivity index (χ2n) is 6.06. The zero-order valence-corrected chi connectivity index (χ0v) is 15.0. The molecule has 1 aromatic heterocycles. The van der Waals surface area contributed by atoms with E-state index in [0.29, 0.717) is 19.0 Å². The number of nitrogens with one attached hydrogen (secondary N) is 1. The molecule has 0 spiro atoms. The molecular weight excluding hydrogens is 340 g/mol. The van der Waals surface area contributed by atoms with Gasteiger partial charge in [-0.05, 0) is 56.0 Å². The molecule has 1 aliphatic heterocycles. The number of hydrogen-bond acceptors (Lipinski definition) is 5. The number of carbonyl (C=O) groups is 1. The SMILES string of the molecule is Cc1ccnc(-c2ccc(NC(=O)C(N)C3CCOCC3)cc2)n1.Cl. The molecule has 1 unspecified atom stereocenters. The lowest BCUT2D eigenvalue weighted by Gasteiger charge is -2.26. The number of nitrogens with two attached hydrogens (primary N) is 1. The van der Waals surface area contributed by atoms with Gasteiger partial charge in [-0.2, -0.15) is 0 Å². The molecule has 1 aliphatic rings. The van der Waals surface area contributed by atoms with Crippen molar-refractivity contribution < 1.29 is 9.53 Å². The maximum Gasteiger partial charge on any atom is 0.241 e. The number of aromatic nitrogens is 2. The summed E-state index contributed by atoms with van der Waals surface area (Å²) in [6.07, 6.45) is 3.40. The number of amides is 1. The van der Waals surface area contributed by atoms with Crippen LogP contribution in [0, 0.1) is 12.8 Å². The van der Waals surface area contributed by atoms with E-state index in [4.69, 9.17) is 10.5 Å². The lowest BCUT2D eigenvalue weighted by Crippen LogP contribution is -2.43. The minimum Gasteiger partial charge on any atom is -0.381 e. The van der Waals surface area contributed by atoms with E-state index in [9.17, 15) is 4.79 Å². The number of benzene rings is 1. The fourth-order valence-corrected chi connectivity index (χ4v) is 2.81. The van der Waals surface area contributed by atoms with Gasteiger partial charge in [0.2, 0.25) is 5.91 Å². The van der Waals surface area contributed by atoms with Crippen molar-refractivity contribution in [2.45, 2.75) is 25.8 Å². The van der Waals surface area contributed by atoms with Crippen molar-refractivity contribution in [2.75, 3.05) is 18.5 Å². The molecule has 1 atom stereocenters. The first kappa shape index (κ1) is 19.3. The summed E-state index contributed by atoms with van der Waals surface area (Å²) in [7, 11) is 0. The van der Waals surface area contributed by atoms with Crippen molar-refractivity contribution in [3.05, 3.63) is 42.2 Å². The Morgan fingerprint density at radius 1 is 1.24 bits per heavy atom. The molecule has 3 rings (SSSR count). The number of rotatable bonds is 4. The zero-order valence-electron chi connectivity index (χ0n) is 14.1. The normalized spacial score (nSPS) is 15.9. The number of hydrogen-bond donors (Lipinski definition) is 2. The first-order valence-electron chi connectivity index (χ1n) is 8.18. The summed E-state index contributed by atoms with van der Waals surface area (Å²) in [4.78, 5) is 21.0. The molecule has 1 aromatic carbocycles. The van der Waals surface area contributed by atoms with Crippen LogP contribution in [0.1, 0.15) is 18.5 Å². The Kier molecular flexibility index (Phi) is 6.87. The molecule has 0 aliphatic carbocycles. The van der Waals surface area contributed by atoms with Crippen LogP contribution in [-0.4, -0.2) is 35.1 Å². The third-order valence-electron chi connectivity index (χ3n) is 4.28. The highest BCUT2D eigenvalue weighted by Crippen LogP contribution is 2.21. The molecule has 3 N–H and O–H groups in total. The van der Waals surface area contributed by atoms with Crippen molar-refractivity contribution in [3.8, 4) is 11.4 Å². The predicted molar refractivity (Wildman–Crippen MR) is 99.6 cm³/mol. The van der Waals surface area contributed by atoms with Crippen molar-refractivity contribution in [1.82, 2.24) is 9.97 Å². The summed E-state index contributed by atoms with van der Waals surface area (Å²) >= 11 is 0. The van der Waals surface area contributed by atoms with Crippen LogP contribution in [0.15, 0.2) is 36.5 Å². The summed E-state index contributed by atoms with van der Waals surface area (Å²) in [6.45, 7) is 3.28. The average molecular weight is 363 g/mol. The van der Waals surface area contributed by atoms with Crippen LogP contribution < -0.4 is 11.1 Å². The maximum absolute atomic E-state index is 12.3. The number of carbonyl (C=O) groups excluding carboxylic acids is 1. The minimum atomic E-state index is -0.506. The summed E-state index contributed by atoms with van der Waals surface area (Å²) < 4.78 is 5.31. The smallest absolute Gasteiger partial charge is 0.241 e. The van der Waals surface area contributed by atoms with E-state index >= 15 is 0 Å². The van der Waals surface area contributed by atoms with E-state index in [1.54, 1.807) is 6.20 Å². The van der Waals surface area contributed by atoms with Gasteiger partial charge in [0.25, 0.3) is 0 Å². The van der Waals surface area contributed by atoms with E-state index in [2.05, 4.69) is 15.3 Å². The van der Waals surface area contributed by atoms with E-state index in [1.807, 2.05) is 37.3 Å². The molecule has 1 amide bonds. The lowest BCUT2D eigenvalue weighted by molar-refractivity contribution is -0.119. The van der Waals surface area contributed by atoms with Crippen molar-refractivity contribution >= 4 is 24.0 Å². The van der Waals surface area contributed by atoms with E-state index in [0.717, 1.165) is 29.8 Å². The fourth-order valence-electron chi connectivity index (χ4n) is 2.81. The second-order valence-corrected chi connectivity index (χ2v) is 6.06. The minimum absolute atomic E-state index is 0. The molecule has 0 bridgehead atoms. The van der Waals surface area contributed by atoms with Crippen LogP contribution in [0.4, 0.5) is 5.69 Å². The highest BCUT2D eigenvalue weighted by Gasteiger charge is 2.26. The first-order chi connectivity index (χ1) is 11.6. The molecule has 7 heteroatoms. The predicted octanol–water partition coefficient (Wildman–Crippen LogP) is 2.57. The number of anilines is 1. The van der Waals surface area contributed by atoms with Crippen LogP contribution in [0.25, 0.3) is 11.4 Å². The van der Waals surface area contributed by atoms with Gasteiger partial charge in [0, 0.05) is 36.4 Å². The second kappa shape index (κ2) is 8.89. The van der Waals surface area contributed by atoms with E-state index < -0.39 is 6.04 Å². The van der Waals surface area contributed by atoms with Gasteiger partial charge in [0.05, 0.1) is 6.04 Å². The summed E-state index contributed by atoms with van der Waals surface area (Å²) in [5, 5.41) is 2.88. The Morgan fingerprint density at radius 2 is 1.92 bits per heavy atom. The fraction of sp³-hybridized carbons (Fsp3) is 0.389. The standard InChI is InChI=1S/C18H22N4O2.ClH/c1-12-6-9-20-17(21-12)14-2-4-15(5-3-14)22-18(23)16(19)13-7-10-24-11-8-13;/h2-6,9,13,16H,7-8,10-11,19H2,1H3,(H,22,23);1H. The third-order valence-corrected chi connectivity index (χ3v) is 4.28. The zero-order chi connectivity index (χ0) is 16.9. The highest BCUT2D eigenvalue weighted by molar-refractivity contribution is 5.95. The van der Waals surface area contributed by atoms with Crippen molar-refractivity contribution in [3.63, 3.8) is 0 Å². The van der Waals surface area contributed by atoms with Gasteiger partial charge in [-0.1, -0.05) is 0 Å². The molecule has 0 radical (unpaired) electrons. The van der Waals surface area contributed by atoms with Gasteiger partial charge in [-0.25, -0.2) is 9.97 Å². The van der Waals surface area contributed by atoms with Gasteiger partial charge < -0.3 is 15.8 Å². The highest BCUT2D eigenvalue weighted by atomic mass is 35.5. The molecule has 0 saturated carbocycles. The monoisotopic (exact) mass is 362 g/mol. The van der Waals surface area contributed by atoms with E-state index in [1.165, 1.54) is 0 Å². The number of ether oxygens (including phenoxy) is 1. The number of nitrogens with zero attached hydrogens (tertiary/aromatic N) is 2. The van der Waals surface area contributed by atoms with Gasteiger partial charge >= 0.3 is 0 Å². The summed E-state index contributed by atoms with van der Waals surface area (Å²) in [5.74, 6) is 0.701. The van der Waals surface area contributed by atoms with Gasteiger partial charge in [-0.3, -0.25) is 4.79 Å². The Morgan fingerprint density at radius 3 is 2.56 bits per heavy atom. The first-order valence-corrected chi connectivity index (χ1v) is 8.18. The van der Waals surface area contributed by atoms with Crippen molar-refractivity contribution in [1.29, 1.82) is 0 Å². The molecular formula is C18H23ClN4O2. The Labute approximate surface area is 153 Å². The largest absolute Gasteiger partial charge is 0.381 e. The molecule has 25 heavy (non-hydrogen) atoms. The van der Waals surface area contributed by atoms with Crippen LogP contribution in [-0.2, 0) is 9.53 Å². The Hall–Kier alpha value is -2.02. The van der Waals surface area contributed by atoms with Gasteiger partial charge in [0.15, 0.2) is 5.82 Å². The number of halogens is 1. The number of aryl methyl sites for hydroxylation is 1. The molecule has 134 valence electrons. The quantitative estimate of drug-likeness (QED) is 0.872. The molecule has 2 heterocycles. The van der Waals surface area contributed by atoms with Crippen LogP contribution in [0.2, 0.25) is 0 Å². The summed E-state index contributed by atoms with van der Waals surface area (Å²) in [6, 6.07) is 8.82. The van der Waals surface area contributed by atoms with Crippen LogP contribution in [0.5, 0.6) is 0 Å². The molecule has 6 nitrogen and oxygen atoms in total. The Bertz CT molecular complexity index is 702. The van der Waals surface area contributed by atoms with Gasteiger partial charge in [-0.15, -0.1) is 12.4 Å². The topological polar surface area (TPSA) is 90.1 Å². The molecule has 1 fully saturated rings. The van der Waals surface area contributed by atoms with Crippen LogP contribution >= 0.6 is 12.4 Å². The average Bonchev–Trinajstić information content (AvgIpc) is 2.62. The maximum atomic E-state index is 12.3. The van der Waals surface area contributed by atoms with Crippen LogP contribution in [0.3, 0.4) is 0 Å².